The molecule has 3 heterocycles. The van der Waals surface area contributed by atoms with Crippen molar-refractivity contribution in [1.29, 1.82) is 0 Å². The number of methoxy groups -OCH3 is 1. The topological polar surface area (TPSA) is 92.1 Å². The van der Waals surface area contributed by atoms with Crippen LogP contribution in [0.4, 0.5) is 4.39 Å². The van der Waals surface area contributed by atoms with E-state index in [0.29, 0.717) is 18.8 Å². The molecule has 0 radical (unpaired) electrons. The van der Waals surface area contributed by atoms with Gasteiger partial charge in [0.1, 0.15) is 17.3 Å². The Morgan fingerprint density at radius 2 is 1.90 bits per heavy atom. The van der Waals surface area contributed by atoms with E-state index in [9.17, 15) is 23.9 Å². The van der Waals surface area contributed by atoms with Crippen molar-refractivity contribution in [2.75, 3.05) is 27.2 Å². The summed E-state index contributed by atoms with van der Waals surface area (Å²) in [6.07, 6.45) is 0. The second-order valence-corrected chi connectivity index (χ2v) is 7.22. The SMILES string of the molecule is COC(=O)C1CN(C)C(=O)c2c(O)c3n(c21)CCN(Cc1ccc(F)cc1)C3=O. The lowest BCUT2D eigenvalue weighted by Gasteiger charge is -2.32. The number of halogens is 1. The van der Waals surface area contributed by atoms with E-state index in [0.717, 1.165) is 5.56 Å². The van der Waals surface area contributed by atoms with Gasteiger partial charge in [0.15, 0.2) is 11.4 Å². The Labute approximate surface area is 166 Å². The van der Waals surface area contributed by atoms with Crippen molar-refractivity contribution in [2.45, 2.75) is 19.0 Å². The average molecular weight is 401 g/mol. The predicted molar refractivity (Wildman–Crippen MR) is 99.0 cm³/mol. The minimum absolute atomic E-state index is 0.0130. The minimum atomic E-state index is -0.784. The summed E-state index contributed by atoms with van der Waals surface area (Å²) < 4.78 is 19.6. The van der Waals surface area contributed by atoms with Gasteiger partial charge in [-0.1, -0.05) is 12.1 Å². The fraction of sp³-hybridized carbons (Fsp3) is 0.350. The summed E-state index contributed by atoms with van der Waals surface area (Å²) in [5.74, 6) is -3.00. The van der Waals surface area contributed by atoms with Gasteiger partial charge in [-0.05, 0) is 17.7 Å². The first-order valence-electron chi connectivity index (χ1n) is 9.15. The van der Waals surface area contributed by atoms with Crippen LogP contribution in [0.5, 0.6) is 5.75 Å². The van der Waals surface area contributed by atoms with Gasteiger partial charge in [0.05, 0.1) is 12.8 Å². The van der Waals surface area contributed by atoms with Gasteiger partial charge in [0, 0.05) is 33.2 Å². The molecule has 2 amide bonds. The van der Waals surface area contributed by atoms with Crippen molar-refractivity contribution in [3.63, 3.8) is 0 Å². The number of nitrogens with zero attached hydrogens (tertiary/aromatic N) is 3. The number of benzene rings is 1. The Hall–Kier alpha value is -3.36. The first-order valence-corrected chi connectivity index (χ1v) is 9.15. The van der Waals surface area contributed by atoms with E-state index in [4.69, 9.17) is 4.74 Å². The lowest BCUT2D eigenvalue weighted by atomic mass is 9.95. The number of rotatable bonds is 3. The fourth-order valence-corrected chi connectivity index (χ4v) is 4.04. The summed E-state index contributed by atoms with van der Waals surface area (Å²) in [4.78, 5) is 40.9. The lowest BCUT2D eigenvalue weighted by molar-refractivity contribution is -0.143. The van der Waals surface area contributed by atoms with Gasteiger partial charge in [-0.15, -0.1) is 0 Å². The first-order chi connectivity index (χ1) is 13.8. The van der Waals surface area contributed by atoms with E-state index in [1.165, 1.54) is 36.1 Å². The Bertz CT molecular complexity index is 1010. The minimum Gasteiger partial charge on any atom is -0.505 e. The van der Waals surface area contributed by atoms with Crippen molar-refractivity contribution in [2.24, 2.45) is 0 Å². The third-order valence-corrected chi connectivity index (χ3v) is 5.48. The molecule has 0 spiro atoms. The number of carbonyl (C=O) groups is 3. The van der Waals surface area contributed by atoms with Crippen LogP contribution >= 0.6 is 0 Å². The van der Waals surface area contributed by atoms with E-state index in [1.54, 1.807) is 16.7 Å². The highest BCUT2D eigenvalue weighted by Gasteiger charge is 2.44. The third-order valence-electron chi connectivity index (χ3n) is 5.48. The van der Waals surface area contributed by atoms with Crippen LogP contribution in [0.1, 0.15) is 38.0 Å². The second-order valence-electron chi connectivity index (χ2n) is 7.22. The molecule has 0 aliphatic carbocycles. The van der Waals surface area contributed by atoms with E-state index in [-0.39, 0.29) is 30.2 Å². The molecular weight excluding hydrogens is 381 g/mol. The largest absolute Gasteiger partial charge is 0.505 e. The number of hydrogen-bond donors (Lipinski definition) is 1. The van der Waals surface area contributed by atoms with Gasteiger partial charge in [-0.3, -0.25) is 14.4 Å². The Morgan fingerprint density at radius 3 is 2.55 bits per heavy atom. The monoisotopic (exact) mass is 401 g/mol. The third kappa shape index (κ3) is 2.93. The summed E-state index contributed by atoms with van der Waals surface area (Å²) in [6, 6.07) is 5.82. The number of fused-ring (bicyclic) bond motifs is 3. The molecule has 1 aromatic carbocycles. The molecule has 4 rings (SSSR count). The van der Waals surface area contributed by atoms with Gasteiger partial charge in [-0.25, -0.2) is 4.39 Å². The number of hydrogen-bond acceptors (Lipinski definition) is 5. The molecule has 0 saturated heterocycles. The van der Waals surface area contributed by atoms with Crippen LogP contribution in [-0.2, 0) is 22.6 Å². The molecule has 1 atom stereocenters. The maximum atomic E-state index is 13.1. The molecule has 2 aliphatic heterocycles. The zero-order valence-electron chi connectivity index (χ0n) is 16.0. The Balaban J connectivity index is 1.75. The Kier molecular flexibility index (Phi) is 4.52. The smallest absolute Gasteiger partial charge is 0.316 e. The highest BCUT2D eigenvalue weighted by atomic mass is 19.1. The molecule has 0 saturated carbocycles. The Morgan fingerprint density at radius 1 is 1.21 bits per heavy atom. The number of aromatic hydroxyl groups is 1. The van der Waals surface area contributed by atoms with Gasteiger partial charge in [-0.2, -0.15) is 0 Å². The summed E-state index contributed by atoms with van der Waals surface area (Å²) >= 11 is 0. The highest BCUT2D eigenvalue weighted by molar-refractivity contribution is 6.07. The van der Waals surface area contributed by atoms with Crippen LogP contribution in [0.15, 0.2) is 24.3 Å². The molecule has 8 nitrogen and oxygen atoms in total. The van der Waals surface area contributed by atoms with Gasteiger partial charge in [0.2, 0.25) is 0 Å². The van der Waals surface area contributed by atoms with Crippen molar-refractivity contribution >= 4 is 17.8 Å². The summed E-state index contributed by atoms with van der Waals surface area (Å²) in [7, 11) is 2.79. The molecule has 0 bridgehead atoms. The number of amides is 2. The van der Waals surface area contributed by atoms with Crippen molar-refractivity contribution < 1.29 is 28.6 Å². The molecule has 1 N–H and O–H groups in total. The molecule has 2 aromatic rings. The van der Waals surface area contributed by atoms with Crippen LogP contribution in [0, 0.1) is 5.82 Å². The summed E-state index contributed by atoms with van der Waals surface area (Å²) in [6.45, 7) is 0.981. The van der Waals surface area contributed by atoms with Gasteiger partial charge in [0.25, 0.3) is 11.8 Å². The summed E-state index contributed by atoms with van der Waals surface area (Å²) in [5, 5.41) is 10.8. The lowest BCUT2D eigenvalue weighted by Crippen LogP contribution is -2.43. The number of carbonyl (C=O) groups excluding carboxylic acids is 3. The standard InChI is InChI=1S/C20H20FN3O5/c1-22-10-13(20(28)29-2)15-14(18(22)26)17(25)16-19(27)23(7-8-24(15)16)9-11-3-5-12(21)6-4-11/h3-6,13,25H,7-10H2,1-2H3. The van der Waals surface area contributed by atoms with Crippen LogP contribution in [0.2, 0.25) is 0 Å². The maximum Gasteiger partial charge on any atom is 0.316 e. The van der Waals surface area contributed by atoms with E-state index >= 15 is 0 Å². The van der Waals surface area contributed by atoms with Crippen molar-refractivity contribution in [1.82, 2.24) is 14.4 Å². The molecule has 29 heavy (non-hydrogen) atoms. The van der Waals surface area contributed by atoms with Crippen LogP contribution in [-0.4, -0.2) is 64.5 Å². The molecule has 0 fully saturated rings. The predicted octanol–water partition coefficient (Wildman–Crippen LogP) is 1.33. The molecule has 1 unspecified atom stereocenters. The number of likely N-dealkylation sites (N-methyl/N-ethyl adjacent to an activating group) is 1. The van der Waals surface area contributed by atoms with Crippen LogP contribution in [0.25, 0.3) is 0 Å². The molecular formula is C20H20FN3O5. The van der Waals surface area contributed by atoms with Crippen LogP contribution in [0.3, 0.4) is 0 Å². The first kappa shape index (κ1) is 19.0. The number of ether oxygens (including phenoxy) is 1. The van der Waals surface area contributed by atoms with E-state index < -0.39 is 29.5 Å². The molecule has 2 aliphatic rings. The van der Waals surface area contributed by atoms with Crippen LogP contribution < -0.4 is 0 Å². The quantitative estimate of drug-likeness (QED) is 0.784. The second kappa shape index (κ2) is 6.91. The van der Waals surface area contributed by atoms with E-state index in [1.807, 2.05) is 0 Å². The van der Waals surface area contributed by atoms with E-state index in [2.05, 4.69) is 0 Å². The van der Waals surface area contributed by atoms with Gasteiger partial charge < -0.3 is 24.2 Å². The number of aromatic nitrogens is 1. The fourth-order valence-electron chi connectivity index (χ4n) is 4.04. The van der Waals surface area contributed by atoms with Crippen molar-refractivity contribution in [3.05, 3.63) is 52.6 Å². The zero-order valence-corrected chi connectivity index (χ0v) is 16.0. The molecule has 9 heteroatoms. The molecule has 1 aromatic heterocycles. The number of esters is 1. The van der Waals surface area contributed by atoms with Gasteiger partial charge >= 0.3 is 5.97 Å². The highest BCUT2D eigenvalue weighted by Crippen LogP contribution is 2.40. The summed E-state index contributed by atoms with van der Waals surface area (Å²) in [5.41, 5.74) is 1.02. The van der Waals surface area contributed by atoms with Crippen molar-refractivity contribution in [3.8, 4) is 5.75 Å². The zero-order chi connectivity index (χ0) is 20.9. The maximum absolute atomic E-state index is 13.1. The normalized spacial score (nSPS) is 18.5. The molecule has 152 valence electrons. The average Bonchev–Trinajstić information content (AvgIpc) is 3.01.